The Bertz CT molecular complexity index is 725. The first-order chi connectivity index (χ1) is 10.7. The minimum atomic E-state index is -0.344. The van der Waals surface area contributed by atoms with Crippen LogP contribution in [-0.4, -0.2) is 5.72 Å². The van der Waals surface area contributed by atoms with Crippen LogP contribution < -0.4 is 16.1 Å². The fourth-order valence-corrected chi connectivity index (χ4v) is 4.29. The van der Waals surface area contributed by atoms with Crippen molar-refractivity contribution in [3.8, 4) is 0 Å². The summed E-state index contributed by atoms with van der Waals surface area (Å²) in [7, 11) is 0. The lowest BCUT2D eigenvalue weighted by Gasteiger charge is -2.47. The Morgan fingerprint density at radius 1 is 1.23 bits per heavy atom. The summed E-state index contributed by atoms with van der Waals surface area (Å²) in [5.41, 5.74) is 7.49. The van der Waals surface area contributed by atoms with Crippen LogP contribution in [0.25, 0.3) is 11.0 Å². The minimum absolute atomic E-state index is 0.314. The van der Waals surface area contributed by atoms with Gasteiger partial charge in [0.2, 0.25) is 0 Å². The molecule has 1 saturated heterocycles. The van der Waals surface area contributed by atoms with E-state index in [1.165, 1.54) is 25.7 Å². The molecule has 3 saturated carbocycles. The summed E-state index contributed by atoms with van der Waals surface area (Å²) in [6.45, 7) is 0. The Morgan fingerprint density at radius 3 is 2.86 bits per heavy atom. The molecule has 4 aliphatic rings. The molecule has 0 amide bonds. The van der Waals surface area contributed by atoms with Crippen LogP contribution in [0.1, 0.15) is 32.1 Å². The molecule has 0 radical (unpaired) electrons. The van der Waals surface area contributed by atoms with E-state index in [0.717, 1.165) is 24.3 Å². The van der Waals surface area contributed by atoms with E-state index < -0.39 is 0 Å². The van der Waals surface area contributed by atoms with Crippen LogP contribution in [0.3, 0.4) is 0 Å². The van der Waals surface area contributed by atoms with Crippen molar-refractivity contribution >= 4 is 16.7 Å². The quantitative estimate of drug-likeness (QED) is 0.847. The van der Waals surface area contributed by atoms with Crippen molar-refractivity contribution in [1.82, 2.24) is 11.0 Å². The van der Waals surface area contributed by atoms with Gasteiger partial charge in [-0.1, -0.05) is 5.59 Å². The molecule has 2 heterocycles. The van der Waals surface area contributed by atoms with Gasteiger partial charge < -0.3 is 4.42 Å². The molecular weight excluding hydrogens is 285 g/mol. The molecule has 1 aromatic heterocycles. The number of rotatable bonds is 1. The normalized spacial score (nSPS) is 34.1. The molecule has 2 bridgehead atoms. The zero-order valence-corrected chi connectivity index (χ0v) is 12.1. The summed E-state index contributed by atoms with van der Waals surface area (Å²) in [4.78, 5) is 5.95. The zero-order chi connectivity index (χ0) is 14.7. The molecule has 1 unspecified atom stereocenters. The molecule has 116 valence electrons. The summed E-state index contributed by atoms with van der Waals surface area (Å²) in [5, 5.41) is 2.24. The van der Waals surface area contributed by atoms with Crippen LogP contribution in [0.5, 0.6) is 0 Å². The van der Waals surface area contributed by atoms with E-state index in [2.05, 4.69) is 11.0 Å². The first-order valence-electron chi connectivity index (χ1n) is 7.92. The summed E-state index contributed by atoms with van der Waals surface area (Å²) >= 11 is 0. The Morgan fingerprint density at radius 2 is 2.09 bits per heavy atom. The van der Waals surface area contributed by atoms with Gasteiger partial charge in [0.25, 0.3) is 0 Å². The van der Waals surface area contributed by atoms with E-state index >= 15 is 0 Å². The predicted octanol–water partition coefficient (Wildman–Crippen LogP) is 3.24. The molecule has 1 aliphatic heterocycles. The van der Waals surface area contributed by atoms with Gasteiger partial charge in [0.05, 0.1) is 11.1 Å². The largest absolute Gasteiger partial charge is 0.461 e. The van der Waals surface area contributed by atoms with Crippen molar-refractivity contribution in [2.45, 2.75) is 37.8 Å². The maximum absolute atomic E-state index is 13.7. The van der Waals surface area contributed by atoms with Crippen molar-refractivity contribution in [1.29, 1.82) is 0 Å². The van der Waals surface area contributed by atoms with Crippen molar-refractivity contribution in [2.24, 2.45) is 11.8 Å². The number of anilines is 1. The van der Waals surface area contributed by atoms with Gasteiger partial charge in [0.1, 0.15) is 11.8 Å². The fourth-order valence-electron chi connectivity index (χ4n) is 4.29. The SMILES string of the molecule is Fc1coc2ccc(N3NOC4(CC5CCC4CC5)N3)cc12. The van der Waals surface area contributed by atoms with Gasteiger partial charge in [-0.2, -0.15) is 5.43 Å². The van der Waals surface area contributed by atoms with Crippen LogP contribution in [-0.2, 0) is 4.84 Å². The van der Waals surface area contributed by atoms with E-state index in [-0.39, 0.29) is 11.5 Å². The Hall–Kier alpha value is -1.63. The molecule has 22 heavy (non-hydrogen) atoms. The fraction of sp³-hybridized carbons (Fsp3) is 0.500. The van der Waals surface area contributed by atoms with E-state index in [9.17, 15) is 4.39 Å². The molecule has 1 aromatic carbocycles. The van der Waals surface area contributed by atoms with Crippen molar-refractivity contribution in [2.75, 3.05) is 5.12 Å². The van der Waals surface area contributed by atoms with Crippen LogP contribution >= 0.6 is 0 Å². The van der Waals surface area contributed by atoms with Crippen LogP contribution in [0.2, 0.25) is 0 Å². The highest BCUT2D eigenvalue weighted by atomic mass is 19.1. The number of nitrogens with zero attached hydrogens (tertiary/aromatic N) is 1. The second kappa shape index (κ2) is 4.44. The topological polar surface area (TPSA) is 49.7 Å². The third kappa shape index (κ3) is 1.74. The standard InChI is InChI=1S/C16H18FN3O2/c17-14-9-21-15-6-5-12(7-13(14)15)20-18-16(22-19-20)8-10-1-3-11(16)4-2-10/h5-7,9-11,18-19H,1-4,8H2. The maximum atomic E-state index is 13.7. The van der Waals surface area contributed by atoms with Gasteiger partial charge in [-0.15, -0.1) is 0 Å². The van der Waals surface area contributed by atoms with E-state index in [4.69, 9.17) is 9.25 Å². The van der Waals surface area contributed by atoms with Crippen molar-refractivity contribution in [3.63, 3.8) is 0 Å². The number of furan rings is 1. The maximum Gasteiger partial charge on any atom is 0.169 e. The molecule has 6 rings (SSSR count). The summed E-state index contributed by atoms with van der Waals surface area (Å²) < 4.78 is 18.9. The second-order valence-electron chi connectivity index (χ2n) is 6.72. The zero-order valence-electron chi connectivity index (χ0n) is 12.1. The second-order valence-corrected chi connectivity index (χ2v) is 6.72. The molecule has 6 heteroatoms. The Balaban J connectivity index is 1.45. The monoisotopic (exact) mass is 303 g/mol. The van der Waals surface area contributed by atoms with Gasteiger partial charge in [0.15, 0.2) is 11.5 Å². The molecule has 2 N–H and O–H groups in total. The highest BCUT2D eigenvalue weighted by Gasteiger charge is 2.53. The Labute approximate surface area is 127 Å². The van der Waals surface area contributed by atoms with Crippen LogP contribution in [0, 0.1) is 17.7 Å². The number of hydrogen-bond acceptors (Lipinski definition) is 5. The molecule has 4 fully saturated rings. The predicted molar refractivity (Wildman–Crippen MR) is 78.8 cm³/mol. The lowest BCUT2D eigenvalue weighted by atomic mass is 9.66. The third-order valence-corrected chi connectivity index (χ3v) is 5.49. The first-order valence-corrected chi connectivity index (χ1v) is 7.92. The summed E-state index contributed by atoms with van der Waals surface area (Å²) in [5.74, 6) is 0.931. The lowest BCUT2D eigenvalue weighted by molar-refractivity contribution is -0.153. The van der Waals surface area contributed by atoms with Gasteiger partial charge in [-0.3, -0.25) is 4.84 Å². The number of halogens is 1. The molecule has 3 aliphatic carbocycles. The van der Waals surface area contributed by atoms with E-state index in [1.807, 2.05) is 6.07 Å². The van der Waals surface area contributed by atoms with Crippen molar-refractivity contribution in [3.05, 3.63) is 30.3 Å². The van der Waals surface area contributed by atoms with E-state index in [1.54, 1.807) is 17.3 Å². The van der Waals surface area contributed by atoms with Gasteiger partial charge in [-0.05, 0) is 56.2 Å². The Kier molecular flexibility index (Phi) is 2.60. The van der Waals surface area contributed by atoms with Crippen LogP contribution in [0.4, 0.5) is 10.1 Å². The smallest absolute Gasteiger partial charge is 0.169 e. The minimum Gasteiger partial charge on any atom is -0.461 e. The molecular formula is C16H18FN3O2. The third-order valence-electron chi connectivity index (χ3n) is 5.49. The number of hydrazine groups is 2. The highest BCUT2D eigenvalue weighted by molar-refractivity contribution is 5.81. The number of fused-ring (bicyclic) bond motifs is 3. The van der Waals surface area contributed by atoms with E-state index in [0.29, 0.717) is 16.9 Å². The lowest BCUT2D eigenvalue weighted by Crippen LogP contribution is -2.57. The average molecular weight is 303 g/mol. The van der Waals surface area contributed by atoms with Crippen molar-refractivity contribution < 1.29 is 13.6 Å². The summed E-state index contributed by atoms with van der Waals surface area (Å²) in [6.07, 6.45) is 7.21. The number of benzene rings is 1. The molecule has 1 spiro atoms. The van der Waals surface area contributed by atoms with Crippen LogP contribution in [0.15, 0.2) is 28.9 Å². The van der Waals surface area contributed by atoms with Gasteiger partial charge in [-0.25, -0.2) is 9.51 Å². The highest BCUT2D eigenvalue weighted by Crippen LogP contribution is 2.49. The summed E-state index contributed by atoms with van der Waals surface area (Å²) in [6, 6.07) is 5.42. The molecule has 5 nitrogen and oxygen atoms in total. The molecule has 1 atom stereocenters. The average Bonchev–Trinajstić information content (AvgIpc) is 3.13. The van der Waals surface area contributed by atoms with Gasteiger partial charge in [0, 0.05) is 5.92 Å². The van der Waals surface area contributed by atoms with Gasteiger partial charge >= 0.3 is 0 Å². The number of nitrogens with one attached hydrogen (secondary N) is 2. The number of hydrogen-bond donors (Lipinski definition) is 2. The first kappa shape index (κ1) is 12.9. The molecule has 2 aromatic rings.